The van der Waals surface area contributed by atoms with Crippen molar-refractivity contribution in [3.63, 3.8) is 0 Å². The number of halogens is 2. The van der Waals surface area contributed by atoms with E-state index in [1.807, 2.05) is 12.1 Å². The highest BCUT2D eigenvalue weighted by molar-refractivity contribution is 6.30. The van der Waals surface area contributed by atoms with E-state index in [1.165, 1.54) is 11.1 Å². The van der Waals surface area contributed by atoms with E-state index < -0.39 is 0 Å². The molecular weight excluding hydrogens is 255 g/mol. The summed E-state index contributed by atoms with van der Waals surface area (Å²) in [6.45, 7) is 5.16. The Morgan fingerprint density at radius 1 is 1.41 bits per heavy atom. The fraction of sp³-hybridized carbons (Fsp3) is 0.571. The van der Waals surface area contributed by atoms with Crippen LogP contribution in [0.5, 0.6) is 5.75 Å². The van der Waals surface area contributed by atoms with Gasteiger partial charge in [-0.1, -0.05) is 25.4 Å². The van der Waals surface area contributed by atoms with Crippen LogP contribution in [-0.4, -0.2) is 12.5 Å². The van der Waals surface area contributed by atoms with Crippen LogP contribution in [-0.2, 0) is 12.8 Å². The normalized spacial score (nSPS) is 17.4. The molecule has 94 valence electrons. The Kier molecular flexibility index (Phi) is 3.89. The molecule has 1 aromatic rings. The lowest BCUT2D eigenvalue weighted by Crippen LogP contribution is -2.20. The first-order valence-electron chi connectivity index (χ1n) is 6.08. The van der Waals surface area contributed by atoms with Gasteiger partial charge in [0.25, 0.3) is 0 Å². The third-order valence-corrected chi connectivity index (χ3v) is 4.48. The fourth-order valence-corrected chi connectivity index (χ4v) is 2.75. The Morgan fingerprint density at radius 2 is 2.18 bits per heavy atom. The summed E-state index contributed by atoms with van der Waals surface area (Å²) >= 11 is 12.2. The van der Waals surface area contributed by atoms with Gasteiger partial charge >= 0.3 is 0 Å². The highest BCUT2D eigenvalue weighted by Gasteiger charge is 2.26. The van der Waals surface area contributed by atoms with Crippen LogP contribution in [0.15, 0.2) is 12.1 Å². The van der Waals surface area contributed by atoms with Gasteiger partial charge in [0.05, 0.1) is 6.61 Å². The topological polar surface area (TPSA) is 9.23 Å². The van der Waals surface area contributed by atoms with E-state index in [9.17, 15) is 0 Å². The maximum Gasteiger partial charge on any atom is 0.125 e. The Morgan fingerprint density at radius 3 is 2.82 bits per heavy atom. The zero-order valence-corrected chi connectivity index (χ0v) is 11.9. The summed E-state index contributed by atoms with van der Waals surface area (Å²) in [5.74, 6) is 1.70. The van der Waals surface area contributed by atoms with Crippen molar-refractivity contribution in [2.45, 2.75) is 33.1 Å². The molecule has 1 unspecified atom stereocenters. The largest absolute Gasteiger partial charge is 0.493 e. The Hall–Kier alpha value is -0.400. The summed E-state index contributed by atoms with van der Waals surface area (Å²) in [6, 6.07) is 4.03. The molecule has 0 bridgehead atoms. The smallest absolute Gasteiger partial charge is 0.125 e. The third-order valence-electron chi connectivity index (χ3n) is 3.62. The van der Waals surface area contributed by atoms with Gasteiger partial charge in [-0.25, -0.2) is 0 Å². The van der Waals surface area contributed by atoms with Gasteiger partial charge in [-0.3, -0.25) is 0 Å². The van der Waals surface area contributed by atoms with Gasteiger partial charge in [-0.2, -0.15) is 0 Å². The summed E-state index contributed by atoms with van der Waals surface area (Å²) in [6.07, 6.45) is 2.94. The molecule has 2 rings (SSSR count). The Balaban J connectivity index is 2.33. The quantitative estimate of drug-likeness (QED) is 0.735. The van der Waals surface area contributed by atoms with Crippen LogP contribution in [0, 0.1) is 5.41 Å². The predicted octanol–water partition coefficient (Wildman–Crippen LogP) is 4.47. The summed E-state index contributed by atoms with van der Waals surface area (Å²) < 4.78 is 5.72. The lowest BCUT2D eigenvalue weighted by atomic mass is 9.82. The van der Waals surface area contributed by atoms with Crippen molar-refractivity contribution in [2.75, 3.05) is 12.5 Å². The molecule has 17 heavy (non-hydrogen) atoms. The molecule has 1 aromatic carbocycles. The summed E-state index contributed by atoms with van der Waals surface area (Å²) in [5, 5.41) is 0.803. The maximum absolute atomic E-state index is 6.16. The van der Waals surface area contributed by atoms with E-state index in [-0.39, 0.29) is 5.41 Å². The first kappa shape index (κ1) is 13.0. The Bertz CT molecular complexity index is 411. The van der Waals surface area contributed by atoms with Gasteiger partial charge in [0.15, 0.2) is 0 Å². The van der Waals surface area contributed by atoms with E-state index in [2.05, 4.69) is 13.8 Å². The molecule has 0 saturated carbocycles. The third kappa shape index (κ3) is 2.71. The molecule has 1 heterocycles. The first-order valence-corrected chi connectivity index (χ1v) is 6.99. The number of hydrogen-bond donors (Lipinski definition) is 0. The molecule has 3 heteroatoms. The summed E-state index contributed by atoms with van der Waals surface area (Å²) in [7, 11) is 0. The number of rotatable bonds is 4. The van der Waals surface area contributed by atoms with Gasteiger partial charge < -0.3 is 4.74 Å². The summed E-state index contributed by atoms with van der Waals surface area (Å²) in [4.78, 5) is 0. The molecule has 1 nitrogen and oxygen atoms in total. The van der Waals surface area contributed by atoms with Gasteiger partial charge in [0.2, 0.25) is 0 Å². The van der Waals surface area contributed by atoms with Crippen molar-refractivity contribution in [1.29, 1.82) is 0 Å². The minimum Gasteiger partial charge on any atom is -0.493 e. The van der Waals surface area contributed by atoms with Crippen LogP contribution in [0.3, 0.4) is 0 Å². The van der Waals surface area contributed by atoms with Crippen molar-refractivity contribution in [1.82, 2.24) is 0 Å². The van der Waals surface area contributed by atoms with E-state index in [0.717, 1.165) is 36.6 Å². The SMILES string of the molecule is CCC(C)(CCl)Cc1cc(Cl)cc2c1OCC2. The molecule has 1 aliphatic rings. The van der Waals surface area contributed by atoms with Crippen LogP contribution in [0.2, 0.25) is 5.02 Å². The van der Waals surface area contributed by atoms with E-state index in [0.29, 0.717) is 5.88 Å². The van der Waals surface area contributed by atoms with E-state index in [1.54, 1.807) is 0 Å². The van der Waals surface area contributed by atoms with E-state index in [4.69, 9.17) is 27.9 Å². The molecule has 1 atom stereocenters. The van der Waals surface area contributed by atoms with Crippen LogP contribution in [0.4, 0.5) is 0 Å². The van der Waals surface area contributed by atoms with Crippen molar-refractivity contribution in [3.8, 4) is 5.75 Å². The van der Waals surface area contributed by atoms with Crippen molar-refractivity contribution < 1.29 is 4.74 Å². The molecule has 0 amide bonds. The molecule has 0 saturated heterocycles. The number of benzene rings is 1. The highest BCUT2D eigenvalue weighted by Crippen LogP contribution is 2.38. The monoisotopic (exact) mass is 272 g/mol. The maximum atomic E-state index is 6.16. The molecule has 0 radical (unpaired) electrons. The minimum atomic E-state index is 0.117. The molecule has 0 aliphatic carbocycles. The number of hydrogen-bond acceptors (Lipinski definition) is 1. The van der Waals surface area contributed by atoms with Crippen LogP contribution in [0.25, 0.3) is 0 Å². The second kappa shape index (κ2) is 5.07. The van der Waals surface area contributed by atoms with Gasteiger partial charge in [0.1, 0.15) is 5.75 Å². The van der Waals surface area contributed by atoms with Crippen LogP contribution < -0.4 is 4.74 Å². The van der Waals surface area contributed by atoms with Gasteiger partial charge in [-0.15, -0.1) is 11.6 Å². The molecule has 0 spiro atoms. The van der Waals surface area contributed by atoms with Crippen molar-refractivity contribution in [3.05, 3.63) is 28.3 Å². The van der Waals surface area contributed by atoms with Crippen LogP contribution >= 0.6 is 23.2 Å². The predicted molar refractivity (Wildman–Crippen MR) is 73.5 cm³/mol. The first-order chi connectivity index (χ1) is 8.08. The van der Waals surface area contributed by atoms with Crippen molar-refractivity contribution >= 4 is 23.2 Å². The lowest BCUT2D eigenvalue weighted by molar-refractivity contribution is 0.329. The van der Waals surface area contributed by atoms with Gasteiger partial charge in [-0.05, 0) is 41.5 Å². The minimum absolute atomic E-state index is 0.117. The average molecular weight is 273 g/mol. The van der Waals surface area contributed by atoms with Gasteiger partial charge in [0, 0.05) is 17.3 Å². The molecule has 0 N–H and O–H groups in total. The zero-order chi connectivity index (χ0) is 12.5. The zero-order valence-electron chi connectivity index (χ0n) is 10.4. The van der Waals surface area contributed by atoms with Crippen molar-refractivity contribution in [2.24, 2.45) is 5.41 Å². The summed E-state index contributed by atoms with van der Waals surface area (Å²) in [5.41, 5.74) is 2.56. The lowest BCUT2D eigenvalue weighted by Gasteiger charge is -2.26. The number of ether oxygens (including phenoxy) is 1. The Labute approximate surface area is 113 Å². The number of alkyl halides is 1. The fourth-order valence-electron chi connectivity index (χ4n) is 2.20. The van der Waals surface area contributed by atoms with E-state index >= 15 is 0 Å². The molecule has 1 aliphatic heterocycles. The average Bonchev–Trinajstić information content (AvgIpc) is 2.77. The number of fused-ring (bicyclic) bond motifs is 1. The standard InChI is InChI=1S/C14H18Cl2O/c1-3-14(2,9-15)8-11-7-12(16)6-10-4-5-17-13(10)11/h6-7H,3-5,8-9H2,1-2H3. The second-order valence-corrected chi connectivity index (χ2v) is 5.83. The molecule has 0 aromatic heterocycles. The van der Waals surface area contributed by atoms with Crippen LogP contribution in [0.1, 0.15) is 31.4 Å². The molecular formula is C14H18Cl2O. The second-order valence-electron chi connectivity index (χ2n) is 5.13. The highest BCUT2D eigenvalue weighted by atomic mass is 35.5. The molecule has 0 fully saturated rings.